The van der Waals surface area contributed by atoms with Gasteiger partial charge in [0.25, 0.3) is 6.01 Å². The maximum atomic E-state index is 16.0. The van der Waals surface area contributed by atoms with E-state index in [1.165, 1.54) is 5.56 Å². The molecule has 1 aromatic carbocycles. The van der Waals surface area contributed by atoms with Crippen molar-refractivity contribution in [2.24, 2.45) is 0 Å². The van der Waals surface area contributed by atoms with E-state index in [0.29, 0.717) is 31.2 Å². The van der Waals surface area contributed by atoms with Gasteiger partial charge in [-0.3, -0.25) is 9.47 Å². The van der Waals surface area contributed by atoms with Crippen LogP contribution in [0.4, 0.5) is 4.39 Å². The number of nitrogens with zero attached hydrogens (tertiary/aromatic N) is 5. The zero-order valence-corrected chi connectivity index (χ0v) is 20.0. The van der Waals surface area contributed by atoms with Crippen LogP contribution in [0.3, 0.4) is 0 Å². The van der Waals surface area contributed by atoms with Gasteiger partial charge in [-0.15, -0.1) is 0 Å². The summed E-state index contributed by atoms with van der Waals surface area (Å²) < 4.78 is 24.0. The molecule has 2 aliphatic heterocycles. The average Bonchev–Trinajstić information content (AvgIpc) is 3.24. The Hall–Kier alpha value is -2.93. The SMILES string of the molecule is C=C(N1CCC(n2c(OCC)nc3cccnc32)CC1)C1(F)CCN(Cc2ccccc2)CC1. The topological polar surface area (TPSA) is 46.4 Å². The summed E-state index contributed by atoms with van der Waals surface area (Å²) in [6.07, 6.45) is 4.57. The van der Waals surface area contributed by atoms with E-state index in [4.69, 9.17) is 4.74 Å². The van der Waals surface area contributed by atoms with Crippen LogP contribution in [-0.2, 0) is 6.54 Å². The third-order valence-corrected chi connectivity index (χ3v) is 7.32. The molecule has 0 N–H and O–H groups in total. The predicted octanol–water partition coefficient (Wildman–Crippen LogP) is 4.98. The van der Waals surface area contributed by atoms with Crippen LogP contribution < -0.4 is 4.74 Å². The van der Waals surface area contributed by atoms with E-state index in [1.54, 1.807) is 6.20 Å². The summed E-state index contributed by atoms with van der Waals surface area (Å²) in [6, 6.07) is 15.1. The Balaban J connectivity index is 1.20. The molecule has 2 fully saturated rings. The second-order valence-electron chi connectivity index (χ2n) is 9.44. The van der Waals surface area contributed by atoms with Gasteiger partial charge in [-0.25, -0.2) is 9.37 Å². The largest absolute Gasteiger partial charge is 0.465 e. The van der Waals surface area contributed by atoms with Crippen molar-refractivity contribution >= 4 is 11.2 Å². The highest BCUT2D eigenvalue weighted by Crippen LogP contribution is 2.38. The fourth-order valence-electron chi connectivity index (χ4n) is 5.34. The van der Waals surface area contributed by atoms with Crippen LogP contribution in [0.1, 0.15) is 44.2 Å². The Morgan fingerprint density at radius 3 is 2.53 bits per heavy atom. The average molecular weight is 464 g/mol. The van der Waals surface area contributed by atoms with Crippen molar-refractivity contribution in [2.45, 2.75) is 50.9 Å². The van der Waals surface area contributed by atoms with Gasteiger partial charge in [0.1, 0.15) is 5.52 Å². The van der Waals surface area contributed by atoms with E-state index >= 15 is 4.39 Å². The van der Waals surface area contributed by atoms with Gasteiger partial charge >= 0.3 is 0 Å². The maximum absolute atomic E-state index is 16.0. The number of ether oxygens (including phenoxy) is 1. The Labute approximate surface area is 201 Å². The summed E-state index contributed by atoms with van der Waals surface area (Å²) in [7, 11) is 0. The Morgan fingerprint density at radius 2 is 1.82 bits per heavy atom. The third-order valence-electron chi connectivity index (χ3n) is 7.32. The van der Waals surface area contributed by atoms with Gasteiger partial charge < -0.3 is 9.64 Å². The molecule has 2 aromatic heterocycles. The molecule has 0 aliphatic carbocycles. The molecule has 6 nitrogen and oxygen atoms in total. The number of halogens is 1. The number of pyridine rings is 1. The van der Waals surface area contributed by atoms with E-state index in [1.807, 2.05) is 25.1 Å². The van der Waals surface area contributed by atoms with Gasteiger partial charge in [-0.2, -0.15) is 4.98 Å². The number of fused-ring (bicyclic) bond motifs is 1. The highest BCUT2D eigenvalue weighted by molar-refractivity contribution is 5.72. The smallest absolute Gasteiger partial charge is 0.298 e. The highest BCUT2D eigenvalue weighted by Gasteiger charge is 2.40. The molecule has 3 aromatic rings. The molecule has 7 heteroatoms. The standard InChI is InChI=1S/C27H34FN5O/c1-3-34-26-30-24-10-7-15-29-25(24)33(26)23-11-16-32(17-12-23)21(2)27(28)13-18-31(19-14-27)20-22-8-5-4-6-9-22/h4-10,15,23H,2-3,11-14,16-20H2,1H3. The number of likely N-dealkylation sites (tertiary alicyclic amines) is 2. The van der Waals surface area contributed by atoms with Crippen LogP contribution >= 0.6 is 0 Å². The quantitative estimate of drug-likeness (QED) is 0.494. The second kappa shape index (κ2) is 9.74. The summed E-state index contributed by atoms with van der Waals surface area (Å²) in [6.45, 7) is 10.7. The molecule has 180 valence electrons. The molecule has 0 bridgehead atoms. The molecular weight excluding hydrogens is 429 g/mol. The van der Waals surface area contributed by atoms with Gasteiger partial charge in [-0.05, 0) is 50.3 Å². The second-order valence-corrected chi connectivity index (χ2v) is 9.44. The summed E-state index contributed by atoms with van der Waals surface area (Å²) in [5.74, 6) is 0. The molecule has 0 spiro atoms. The number of allylic oxidation sites excluding steroid dienone is 1. The van der Waals surface area contributed by atoms with Gasteiger partial charge in [0, 0.05) is 50.7 Å². The number of alkyl halides is 1. The van der Waals surface area contributed by atoms with Gasteiger partial charge in [0.15, 0.2) is 11.3 Å². The first-order chi connectivity index (χ1) is 16.6. The Kier molecular flexibility index (Phi) is 6.55. The van der Waals surface area contributed by atoms with Crippen molar-refractivity contribution in [1.29, 1.82) is 0 Å². The minimum atomic E-state index is -1.32. The summed E-state index contributed by atoms with van der Waals surface area (Å²) in [5, 5.41) is 0. The lowest BCUT2D eigenvalue weighted by atomic mass is 9.88. The Morgan fingerprint density at radius 1 is 1.09 bits per heavy atom. The zero-order chi connectivity index (χ0) is 23.5. The van der Waals surface area contributed by atoms with Crippen LogP contribution in [0.5, 0.6) is 6.01 Å². The molecule has 4 heterocycles. The molecular formula is C27H34FN5O. The number of benzene rings is 1. The lowest BCUT2D eigenvalue weighted by Crippen LogP contribution is -2.47. The van der Waals surface area contributed by atoms with Crippen LogP contribution in [0.2, 0.25) is 0 Å². The molecule has 34 heavy (non-hydrogen) atoms. The first kappa shape index (κ1) is 22.8. The normalized spacial score (nSPS) is 19.4. The molecule has 2 saturated heterocycles. The molecule has 0 saturated carbocycles. The fraction of sp³-hybridized carbons (Fsp3) is 0.481. The van der Waals surface area contributed by atoms with Crippen molar-refractivity contribution in [1.82, 2.24) is 24.3 Å². The van der Waals surface area contributed by atoms with E-state index in [9.17, 15) is 0 Å². The number of imidazole rings is 1. The number of hydrogen-bond donors (Lipinski definition) is 0. The van der Waals surface area contributed by atoms with Crippen molar-refractivity contribution < 1.29 is 9.13 Å². The minimum absolute atomic E-state index is 0.230. The van der Waals surface area contributed by atoms with E-state index in [-0.39, 0.29) is 6.04 Å². The summed E-state index contributed by atoms with van der Waals surface area (Å²) in [4.78, 5) is 13.7. The van der Waals surface area contributed by atoms with Crippen molar-refractivity contribution in [3.05, 3.63) is 66.5 Å². The molecule has 0 amide bonds. The Bertz CT molecular complexity index is 1110. The van der Waals surface area contributed by atoms with Crippen LogP contribution in [-0.4, -0.2) is 62.8 Å². The molecule has 5 rings (SSSR count). The van der Waals surface area contributed by atoms with Crippen molar-refractivity contribution in [3.8, 4) is 6.01 Å². The highest BCUT2D eigenvalue weighted by atomic mass is 19.1. The molecule has 2 aliphatic rings. The monoisotopic (exact) mass is 463 g/mol. The van der Waals surface area contributed by atoms with Gasteiger partial charge in [0.2, 0.25) is 0 Å². The van der Waals surface area contributed by atoms with E-state index in [2.05, 4.69) is 55.2 Å². The number of hydrogen-bond acceptors (Lipinski definition) is 5. The van der Waals surface area contributed by atoms with Crippen LogP contribution in [0.15, 0.2) is 60.9 Å². The number of rotatable bonds is 7. The molecule has 0 radical (unpaired) electrons. The third kappa shape index (κ3) is 4.53. The minimum Gasteiger partial charge on any atom is -0.465 e. The van der Waals surface area contributed by atoms with Gasteiger partial charge in [0.05, 0.1) is 6.61 Å². The number of aromatic nitrogens is 3. The molecule has 0 atom stereocenters. The first-order valence-electron chi connectivity index (χ1n) is 12.4. The summed E-state index contributed by atoms with van der Waals surface area (Å²) >= 11 is 0. The fourth-order valence-corrected chi connectivity index (χ4v) is 5.34. The van der Waals surface area contributed by atoms with Crippen molar-refractivity contribution in [2.75, 3.05) is 32.8 Å². The zero-order valence-electron chi connectivity index (χ0n) is 20.0. The number of piperidine rings is 2. The first-order valence-corrected chi connectivity index (χ1v) is 12.4. The van der Waals surface area contributed by atoms with Crippen LogP contribution in [0.25, 0.3) is 11.2 Å². The van der Waals surface area contributed by atoms with Gasteiger partial charge in [-0.1, -0.05) is 36.9 Å². The lowest BCUT2D eigenvalue weighted by molar-refractivity contribution is 0.0519. The predicted molar refractivity (Wildman–Crippen MR) is 132 cm³/mol. The maximum Gasteiger partial charge on any atom is 0.298 e. The lowest BCUT2D eigenvalue weighted by Gasteiger charge is -2.43. The van der Waals surface area contributed by atoms with E-state index < -0.39 is 5.67 Å². The van der Waals surface area contributed by atoms with Crippen molar-refractivity contribution in [3.63, 3.8) is 0 Å². The van der Waals surface area contributed by atoms with E-state index in [0.717, 1.165) is 56.7 Å². The molecule has 0 unspecified atom stereocenters. The van der Waals surface area contributed by atoms with Crippen LogP contribution in [0, 0.1) is 0 Å². The summed E-state index contributed by atoms with van der Waals surface area (Å²) in [5.41, 5.74) is 2.32.